The molecular formula is C12H14N2. The summed E-state index contributed by atoms with van der Waals surface area (Å²) in [6, 6.07) is 7.76. The van der Waals surface area contributed by atoms with Crippen LogP contribution in [-0.4, -0.2) is 5.84 Å². The SMILES string of the molecule is C=Cc1ccccc1/C(=C\C)C(=N)N. The van der Waals surface area contributed by atoms with Crippen LogP contribution in [0.25, 0.3) is 11.6 Å². The summed E-state index contributed by atoms with van der Waals surface area (Å²) in [6.07, 6.45) is 3.60. The lowest BCUT2D eigenvalue weighted by Crippen LogP contribution is -2.12. The Morgan fingerprint density at radius 2 is 2.07 bits per heavy atom. The molecule has 1 aromatic carbocycles. The Hall–Kier alpha value is -1.83. The van der Waals surface area contributed by atoms with Gasteiger partial charge in [-0.2, -0.15) is 0 Å². The maximum atomic E-state index is 7.44. The van der Waals surface area contributed by atoms with Crippen LogP contribution in [-0.2, 0) is 0 Å². The second-order valence-corrected chi connectivity index (χ2v) is 2.91. The minimum atomic E-state index is 0.0850. The molecule has 0 saturated carbocycles. The number of nitrogens with one attached hydrogen (secondary N) is 1. The van der Waals surface area contributed by atoms with E-state index >= 15 is 0 Å². The van der Waals surface area contributed by atoms with E-state index in [1.54, 1.807) is 6.08 Å². The summed E-state index contributed by atoms with van der Waals surface area (Å²) in [7, 11) is 0. The fraction of sp³-hybridized carbons (Fsp3) is 0.0833. The number of benzene rings is 1. The van der Waals surface area contributed by atoms with E-state index in [9.17, 15) is 0 Å². The van der Waals surface area contributed by atoms with Crippen molar-refractivity contribution in [2.24, 2.45) is 5.73 Å². The first-order valence-electron chi connectivity index (χ1n) is 4.43. The Bertz CT molecular complexity index is 389. The van der Waals surface area contributed by atoms with Crippen molar-refractivity contribution in [2.75, 3.05) is 0 Å². The second-order valence-electron chi connectivity index (χ2n) is 2.91. The van der Waals surface area contributed by atoms with Gasteiger partial charge in [-0.1, -0.05) is 43.0 Å². The van der Waals surface area contributed by atoms with Gasteiger partial charge in [-0.15, -0.1) is 0 Å². The zero-order chi connectivity index (χ0) is 10.6. The normalized spacial score (nSPS) is 11.1. The van der Waals surface area contributed by atoms with Gasteiger partial charge in [-0.05, 0) is 18.1 Å². The van der Waals surface area contributed by atoms with E-state index in [-0.39, 0.29) is 5.84 Å². The molecule has 0 saturated heterocycles. The minimum Gasteiger partial charge on any atom is -0.384 e. The van der Waals surface area contributed by atoms with Gasteiger partial charge in [0.1, 0.15) is 5.84 Å². The molecule has 0 radical (unpaired) electrons. The molecule has 2 nitrogen and oxygen atoms in total. The van der Waals surface area contributed by atoms with Crippen molar-refractivity contribution in [2.45, 2.75) is 6.92 Å². The zero-order valence-corrected chi connectivity index (χ0v) is 8.25. The molecule has 14 heavy (non-hydrogen) atoms. The fourth-order valence-electron chi connectivity index (χ4n) is 1.38. The Morgan fingerprint density at radius 1 is 1.43 bits per heavy atom. The lowest BCUT2D eigenvalue weighted by atomic mass is 9.99. The molecule has 1 rings (SSSR count). The molecule has 2 heteroatoms. The van der Waals surface area contributed by atoms with Gasteiger partial charge in [-0.25, -0.2) is 0 Å². The zero-order valence-electron chi connectivity index (χ0n) is 8.25. The van der Waals surface area contributed by atoms with E-state index in [0.717, 1.165) is 16.7 Å². The number of amidine groups is 1. The van der Waals surface area contributed by atoms with Crippen molar-refractivity contribution in [3.8, 4) is 0 Å². The molecule has 0 aliphatic rings. The lowest BCUT2D eigenvalue weighted by Gasteiger charge is -2.08. The number of allylic oxidation sites excluding steroid dienone is 1. The molecule has 72 valence electrons. The van der Waals surface area contributed by atoms with Crippen molar-refractivity contribution in [1.82, 2.24) is 0 Å². The van der Waals surface area contributed by atoms with Crippen LogP contribution >= 0.6 is 0 Å². The van der Waals surface area contributed by atoms with Crippen LogP contribution in [0, 0.1) is 5.41 Å². The molecule has 0 amide bonds. The van der Waals surface area contributed by atoms with E-state index in [1.165, 1.54) is 0 Å². The number of nitrogens with two attached hydrogens (primary N) is 1. The van der Waals surface area contributed by atoms with Gasteiger partial charge in [0.25, 0.3) is 0 Å². The standard InChI is InChI=1S/C12H14N2/c1-3-9-7-5-6-8-11(9)10(4-2)12(13)14/h3-8H,1H2,2H3,(H3,13,14)/b10-4+. The van der Waals surface area contributed by atoms with Crippen molar-refractivity contribution in [3.63, 3.8) is 0 Å². The molecule has 1 aromatic rings. The highest BCUT2D eigenvalue weighted by atomic mass is 14.7. The summed E-state index contributed by atoms with van der Waals surface area (Å²) in [5.41, 5.74) is 8.19. The number of hydrogen-bond donors (Lipinski definition) is 2. The van der Waals surface area contributed by atoms with Gasteiger partial charge in [0.15, 0.2) is 0 Å². The highest BCUT2D eigenvalue weighted by molar-refractivity contribution is 6.21. The average Bonchev–Trinajstić information content (AvgIpc) is 2.19. The molecule has 0 unspecified atom stereocenters. The maximum absolute atomic E-state index is 7.44. The first-order valence-corrected chi connectivity index (χ1v) is 4.43. The van der Waals surface area contributed by atoms with Crippen molar-refractivity contribution >= 4 is 17.5 Å². The third-order valence-electron chi connectivity index (χ3n) is 2.05. The van der Waals surface area contributed by atoms with Crippen molar-refractivity contribution in [1.29, 1.82) is 5.41 Å². The summed E-state index contributed by atoms with van der Waals surface area (Å²) in [5.74, 6) is 0.0850. The van der Waals surface area contributed by atoms with Gasteiger partial charge >= 0.3 is 0 Å². The Kier molecular flexibility index (Phi) is 3.24. The van der Waals surface area contributed by atoms with Crippen LogP contribution in [0.2, 0.25) is 0 Å². The number of rotatable bonds is 3. The van der Waals surface area contributed by atoms with Gasteiger partial charge < -0.3 is 5.73 Å². The average molecular weight is 186 g/mol. The molecule has 0 aromatic heterocycles. The summed E-state index contributed by atoms with van der Waals surface area (Å²) < 4.78 is 0. The molecule has 0 heterocycles. The quantitative estimate of drug-likeness (QED) is 0.553. The Morgan fingerprint density at radius 3 is 2.57 bits per heavy atom. The summed E-state index contributed by atoms with van der Waals surface area (Å²) >= 11 is 0. The predicted octanol–water partition coefficient (Wildman–Crippen LogP) is 2.67. The van der Waals surface area contributed by atoms with Gasteiger partial charge in [-0.3, -0.25) is 5.41 Å². The third-order valence-corrected chi connectivity index (χ3v) is 2.05. The van der Waals surface area contributed by atoms with E-state index in [0.29, 0.717) is 0 Å². The summed E-state index contributed by atoms with van der Waals surface area (Å²) in [4.78, 5) is 0. The third kappa shape index (κ3) is 1.91. The van der Waals surface area contributed by atoms with E-state index in [1.807, 2.05) is 37.3 Å². The Balaban J connectivity index is 3.30. The van der Waals surface area contributed by atoms with Crippen LogP contribution in [0.3, 0.4) is 0 Å². The van der Waals surface area contributed by atoms with Crippen LogP contribution in [0.15, 0.2) is 36.9 Å². The number of hydrogen-bond acceptors (Lipinski definition) is 1. The summed E-state index contributed by atoms with van der Waals surface area (Å²) in [5, 5.41) is 7.44. The van der Waals surface area contributed by atoms with E-state index in [2.05, 4.69) is 6.58 Å². The molecular weight excluding hydrogens is 172 g/mol. The van der Waals surface area contributed by atoms with Gasteiger partial charge in [0.05, 0.1) is 0 Å². The molecule has 0 bridgehead atoms. The van der Waals surface area contributed by atoms with Crippen LogP contribution in [0.5, 0.6) is 0 Å². The second kappa shape index (κ2) is 4.42. The molecule has 0 aliphatic heterocycles. The predicted molar refractivity (Wildman–Crippen MR) is 62.1 cm³/mol. The maximum Gasteiger partial charge on any atom is 0.123 e. The van der Waals surface area contributed by atoms with Crippen LogP contribution < -0.4 is 5.73 Å². The van der Waals surface area contributed by atoms with E-state index in [4.69, 9.17) is 11.1 Å². The van der Waals surface area contributed by atoms with Crippen LogP contribution in [0.1, 0.15) is 18.1 Å². The highest BCUT2D eigenvalue weighted by Gasteiger charge is 2.06. The molecule has 0 spiro atoms. The van der Waals surface area contributed by atoms with Gasteiger partial charge in [0.2, 0.25) is 0 Å². The topological polar surface area (TPSA) is 49.9 Å². The minimum absolute atomic E-state index is 0.0850. The largest absolute Gasteiger partial charge is 0.384 e. The van der Waals surface area contributed by atoms with Crippen LogP contribution in [0.4, 0.5) is 0 Å². The summed E-state index contributed by atoms with van der Waals surface area (Å²) in [6.45, 7) is 5.60. The molecule has 0 atom stereocenters. The lowest BCUT2D eigenvalue weighted by molar-refractivity contribution is 1.45. The first kappa shape index (κ1) is 10.3. The molecule has 0 fully saturated rings. The van der Waals surface area contributed by atoms with E-state index < -0.39 is 0 Å². The first-order chi connectivity index (χ1) is 6.70. The smallest absolute Gasteiger partial charge is 0.123 e. The monoisotopic (exact) mass is 186 g/mol. The van der Waals surface area contributed by atoms with Crippen molar-refractivity contribution in [3.05, 3.63) is 48.0 Å². The van der Waals surface area contributed by atoms with Crippen molar-refractivity contribution < 1.29 is 0 Å². The molecule has 3 N–H and O–H groups in total. The Labute approximate surface area is 84.3 Å². The van der Waals surface area contributed by atoms with Gasteiger partial charge in [0, 0.05) is 5.57 Å². The molecule has 0 aliphatic carbocycles. The fourth-order valence-corrected chi connectivity index (χ4v) is 1.38. The highest BCUT2D eigenvalue weighted by Crippen LogP contribution is 2.19.